The average Bonchev–Trinajstić information content (AvgIpc) is 3.41. The Balaban J connectivity index is 1.23. The quantitative estimate of drug-likeness (QED) is 0.167. The molecular weight excluding hydrogens is 908 g/mol. The monoisotopic (exact) mass is 943 g/mol. The Morgan fingerprint density at radius 1 is 0.268 bits per heavy atom. The number of phenolic OH excluding ortho intramolecular Hbond substituents is 3. The Morgan fingerprint density at radius 3 is 0.676 bits per heavy atom. The first-order valence-corrected chi connectivity index (χ1v) is 21.6. The Kier molecular flexibility index (Phi) is 12.5. The Morgan fingerprint density at radius 2 is 0.465 bits per heavy atom. The highest BCUT2D eigenvalue weighted by molar-refractivity contribution is 6.75. The van der Waals surface area contributed by atoms with Crippen molar-refractivity contribution < 1.29 is 43.9 Å². The van der Waals surface area contributed by atoms with E-state index in [1.165, 1.54) is 86.3 Å². The topological polar surface area (TPSA) is 255 Å². The molecule has 8 aromatic rings. The zero-order valence-corrected chi connectivity index (χ0v) is 36.8. The highest BCUT2D eigenvalue weighted by Gasteiger charge is 2.42. The number of hydrogen-bond donors (Lipinski definition) is 3. The maximum Gasteiger partial charge on any atom is 0.640 e. The third-order valence-corrected chi connectivity index (χ3v) is 11.1. The van der Waals surface area contributed by atoms with Gasteiger partial charge in [-0.05, 0) is 106 Å². The number of aromatic nitrogens is 5. The molecule has 8 heterocycles. The lowest BCUT2D eigenvalue weighted by Gasteiger charge is -2.34. The highest BCUT2D eigenvalue weighted by Crippen LogP contribution is 2.32. The summed E-state index contributed by atoms with van der Waals surface area (Å²) >= 11 is 0. The molecule has 0 unspecified atom stereocenters. The third-order valence-electron chi connectivity index (χ3n) is 11.1. The zero-order chi connectivity index (χ0) is 48.5. The minimum absolute atomic E-state index is 0.138. The van der Waals surface area contributed by atoms with Crippen LogP contribution in [0.3, 0.4) is 0 Å². The van der Waals surface area contributed by atoms with E-state index in [4.69, 9.17) is 28.5 Å². The van der Waals surface area contributed by atoms with Crippen LogP contribution in [0.25, 0.3) is 33.4 Å². The summed E-state index contributed by atoms with van der Waals surface area (Å²) in [7, 11) is 0. The summed E-state index contributed by atoms with van der Waals surface area (Å²) in [6.07, 6.45) is 22.9. The SMILES string of the molecule is Oc1c2cc(-c3ccncc3)cc1/C=N/O[B-]1(c3ccncc3)O/N=C/c3cc(-c4ccncc4)cc(c3O)/C=N/O[B-](c3ccncc3)(O/N=C/2)O/N=C/c2cc(-c3ccncc3)cc(c2O)/C=N/O1. The van der Waals surface area contributed by atoms with Gasteiger partial charge in [-0.3, -0.25) is 24.9 Å². The van der Waals surface area contributed by atoms with E-state index in [1.807, 2.05) is 0 Å². The van der Waals surface area contributed by atoms with Crippen molar-refractivity contribution in [2.24, 2.45) is 30.9 Å². The van der Waals surface area contributed by atoms with Gasteiger partial charge in [-0.15, -0.1) is 30.9 Å². The first-order chi connectivity index (χ1) is 34.9. The minimum atomic E-state index is -3.42. The van der Waals surface area contributed by atoms with E-state index in [9.17, 15) is 15.3 Å². The van der Waals surface area contributed by atoms with Crippen LogP contribution in [0.1, 0.15) is 33.4 Å². The molecule has 0 saturated carbocycles. The molecule has 0 amide bonds. The molecule has 3 aromatic carbocycles. The number of nitrogens with zero attached hydrogens (tertiary/aromatic N) is 11. The number of oxime groups is 6. The second kappa shape index (κ2) is 19.9. The molecule has 71 heavy (non-hydrogen) atoms. The summed E-state index contributed by atoms with van der Waals surface area (Å²) in [5.74, 6) is -0.905. The highest BCUT2D eigenvalue weighted by atomic mass is 16.9. The summed E-state index contributed by atoms with van der Waals surface area (Å²) < 4.78 is 37.2. The van der Waals surface area contributed by atoms with Crippen molar-refractivity contribution in [1.82, 2.24) is 24.9 Å². The van der Waals surface area contributed by atoms with Crippen LogP contribution in [0.5, 0.6) is 17.2 Å². The van der Waals surface area contributed by atoms with Crippen LogP contribution in [0.15, 0.2) is 190 Å². The van der Waals surface area contributed by atoms with Crippen LogP contribution in [0, 0.1) is 0 Å². The van der Waals surface area contributed by atoms with E-state index >= 15 is 0 Å². The van der Waals surface area contributed by atoms with Gasteiger partial charge in [0.05, 0.1) is 37.3 Å². The van der Waals surface area contributed by atoms with Crippen molar-refractivity contribution in [3.63, 3.8) is 0 Å². The van der Waals surface area contributed by atoms with Crippen LogP contribution < -0.4 is 10.9 Å². The molecule has 0 saturated heterocycles. The van der Waals surface area contributed by atoms with Crippen LogP contribution in [-0.2, 0) is 28.5 Å². The Labute approximate surface area is 403 Å². The lowest BCUT2D eigenvalue weighted by atomic mass is 9.70. The fourth-order valence-corrected chi connectivity index (χ4v) is 7.45. The second-order valence-electron chi connectivity index (χ2n) is 15.6. The van der Waals surface area contributed by atoms with Gasteiger partial charge in [0.2, 0.25) is 0 Å². The molecule has 20 nitrogen and oxygen atoms in total. The molecule has 0 aliphatic carbocycles. The van der Waals surface area contributed by atoms with Gasteiger partial charge >= 0.3 is 13.5 Å². The lowest BCUT2D eigenvalue weighted by molar-refractivity contribution is 0.0821. The standard InChI is InChI=1S/C49H35B2N11O9/c63-47-39-21-36(33-1-11-52-12-2-33)22-40(47)28-58-67-51(46-9-19-56-20-10-46)69-60-30-42-24-37(34-3-13-53-14-4-34)23-41(48(42)64)29-59-68-50(66-57-27-39,45-7-17-55-18-8-45)70-61-31-43-25-38(35-5-15-54-16-6-35)26-44(49(43)65)32-62-71-51/h1-32,63-65H/q-2/b57-27+,58-28+,59-29+,60-30+,61-31+,62-32+. The van der Waals surface area contributed by atoms with Crippen molar-refractivity contribution in [1.29, 1.82) is 0 Å². The molecule has 5 aromatic heterocycles. The predicted molar refractivity (Wildman–Crippen MR) is 265 cm³/mol. The van der Waals surface area contributed by atoms with E-state index in [1.54, 1.807) is 110 Å². The number of benzene rings is 3. The minimum Gasteiger partial charge on any atom is -0.536 e. The molecule has 0 atom stereocenters. The van der Waals surface area contributed by atoms with Gasteiger partial charge in [-0.2, -0.15) is 0 Å². The van der Waals surface area contributed by atoms with Gasteiger partial charge in [0.25, 0.3) is 0 Å². The van der Waals surface area contributed by atoms with E-state index in [-0.39, 0.29) is 61.6 Å². The number of phenols is 3. The molecule has 0 radical (unpaired) electrons. The zero-order valence-electron chi connectivity index (χ0n) is 36.8. The van der Waals surface area contributed by atoms with Gasteiger partial charge in [-0.25, -0.2) is 0 Å². The van der Waals surface area contributed by atoms with E-state index in [0.717, 1.165) is 16.7 Å². The fraction of sp³-hybridized carbons (Fsp3) is 0. The number of aromatic hydroxyl groups is 3. The molecular formula is C49H35B2N11O9-2. The van der Waals surface area contributed by atoms with Crippen molar-refractivity contribution in [3.8, 4) is 50.6 Å². The second-order valence-corrected chi connectivity index (χ2v) is 15.6. The Bertz CT molecular complexity index is 2930. The van der Waals surface area contributed by atoms with Crippen LogP contribution in [0.4, 0.5) is 0 Å². The summed E-state index contributed by atoms with van der Waals surface area (Å²) in [5.41, 5.74) is 5.24. The maximum atomic E-state index is 11.8. The largest absolute Gasteiger partial charge is 0.640 e. The molecule has 0 fully saturated rings. The smallest absolute Gasteiger partial charge is 0.536 e. The van der Waals surface area contributed by atoms with E-state index in [2.05, 4.69) is 55.9 Å². The first kappa shape index (κ1) is 44.6. The number of pyridine rings is 5. The maximum absolute atomic E-state index is 11.8. The van der Waals surface area contributed by atoms with Gasteiger partial charge in [0, 0.05) is 95.3 Å². The van der Waals surface area contributed by atoms with Crippen molar-refractivity contribution >= 4 is 61.7 Å². The summed E-state index contributed by atoms with van der Waals surface area (Å²) in [6.45, 7) is -6.85. The average molecular weight is 944 g/mol. The molecule has 8 bridgehead atoms. The summed E-state index contributed by atoms with van der Waals surface area (Å²) in [4.78, 5) is 20.7. The molecule has 22 heteroatoms. The van der Waals surface area contributed by atoms with E-state index in [0.29, 0.717) is 16.7 Å². The van der Waals surface area contributed by atoms with Crippen LogP contribution >= 0.6 is 0 Å². The molecule has 3 N–H and O–H groups in total. The van der Waals surface area contributed by atoms with E-state index < -0.39 is 13.5 Å². The summed E-state index contributed by atoms with van der Waals surface area (Å²) in [6, 6.07) is 26.7. The number of rotatable bonds is 5. The molecule has 0 spiro atoms. The molecule has 11 rings (SSSR count). The fourth-order valence-electron chi connectivity index (χ4n) is 7.45. The summed E-state index contributed by atoms with van der Waals surface area (Å²) in [5, 5.41) is 61.3. The predicted octanol–water partition coefficient (Wildman–Crippen LogP) is 6.00. The number of hydrogen-bond acceptors (Lipinski definition) is 20. The van der Waals surface area contributed by atoms with Crippen molar-refractivity contribution in [2.75, 3.05) is 0 Å². The van der Waals surface area contributed by atoms with Crippen LogP contribution in [0.2, 0.25) is 0 Å². The van der Waals surface area contributed by atoms with Gasteiger partial charge in [-0.1, -0.05) is 35.2 Å². The third kappa shape index (κ3) is 9.65. The lowest BCUT2D eigenvalue weighted by Crippen LogP contribution is -2.54. The van der Waals surface area contributed by atoms with Crippen LogP contribution in [-0.4, -0.2) is 91.0 Å². The van der Waals surface area contributed by atoms with Gasteiger partial charge in [0.15, 0.2) is 0 Å². The molecule has 3 aliphatic heterocycles. The number of fused-ring (bicyclic) bond motifs is 6. The normalized spacial score (nSPS) is 20.1. The van der Waals surface area contributed by atoms with Crippen molar-refractivity contribution in [3.05, 3.63) is 192 Å². The first-order valence-electron chi connectivity index (χ1n) is 21.6. The van der Waals surface area contributed by atoms with Gasteiger partial charge in [0.1, 0.15) is 17.2 Å². The van der Waals surface area contributed by atoms with Gasteiger partial charge < -0.3 is 43.9 Å². The molecule has 348 valence electrons. The molecule has 3 aliphatic rings. The Hall–Kier alpha value is -10.2. The van der Waals surface area contributed by atoms with Crippen molar-refractivity contribution in [2.45, 2.75) is 0 Å².